The molecule has 0 spiro atoms. The number of hydrazine groups is 1. The normalized spacial score (nSPS) is 18.0. The number of para-hydroxylation sites is 1. The molecule has 3 rings (SSSR count). The number of halogens is 3. The summed E-state index contributed by atoms with van der Waals surface area (Å²) in [5.41, 5.74) is 1.34. The van der Waals surface area contributed by atoms with E-state index in [1.807, 2.05) is 10.8 Å². The van der Waals surface area contributed by atoms with Crippen LogP contribution in [-0.4, -0.2) is 6.54 Å². The average Bonchev–Trinajstić information content (AvgIpc) is 2.77. The molecule has 2 heterocycles. The van der Waals surface area contributed by atoms with Gasteiger partial charge in [0.25, 0.3) is 0 Å². The van der Waals surface area contributed by atoms with Crippen LogP contribution < -0.4 is 16.2 Å². The molecule has 0 bridgehead atoms. The molecule has 2 aliphatic heterocycles. The highest BCUT2D eigenvalue weighted by atomic mass is 32.2. The fourth-order valence-corrected chi connectivity index (χ4v) is 3.09. The Morgan fingerprint density at radius 2 is 2.05 bits per heavy atom. The van der Waals surface area contributed by atoms with Gasteiger partial charge in [-0.1, -0.05) is 6.07 Å². The van der Waals surface area contributed by atoms with E-state index in [0.717, 1.165) is 29.1 Å². The van der Waals surface area contributed by atoms with E-state index < -0.39 is 11.7 Å². The van der Waals surface area contributed by atoms with Crippen LogP contribution in [0.3, 0.4) is 0 Å². The van der Waals surface area contributed by atoms with Crippen LogP contribution in [-0.2, 0) is 6.18 Å². The molecule has 3 nitrogen and oxygen atoms in total. The van der Waals surface area contributed by atoms with E-state index in [2.05, 4.69) is 5.32 Å². The molecule has 0 saturated heterocycles. The second kappa shape index (κ2) is 4.21. The summed E-state index contributed by atoms with van der Waals surface area (Å²) >= 11 is 0.995. The quantitative estimate of drug-likeness (QED) is 0.507. The van der Waals surface area contributed by atoms with E-state index in [-0.39, 0.29) is 5.69 Å². The fraction of sp³-hybridized carbons (Fsp3) is 0.167. The Balaban J connectivity index is 2.16. The maximum atomic E-state index is 13.0. The zero-order valence-corrected chi connectivity index (χ0v) is 10.6. The molecule has 19 heavy (non-hydrogen) atoms. The molecule has 1 aromatic carbocycles. The van der Waals surface area contributed by atoms with Crippen molar-refractivity contribution >= 4 is 23.1 Å². The monoisotopic (exact) mass is 286 g/mol. The predicted octanol–water partition coefficient (Wildman–Crippen LogP) is 3.02. The molecule has 7 heteroatoms. The maximum Gasteiger partial charge on any atom is 0.418 e. The number of rotatable bonds is 0. The van der Waals surface area contributed by atoms with Crippen molar-refractivity contribution in [3.63, 3.8) is 0 Å². The number of thiol groups is 1. The minimum atomic E-state index is -4.40. The second-order valence-electron chi connectivity index (χ2n) is 4.24. The number of nitrogens with zero attached hydrogens (tertiary/aromatic N) is 1. The summed E-state index contributed by atoms with van der Waals surface area (Å²) in [5, 5.41) is 7.98. The zero-order valence-electron chi connectivity index (χ0n) is 9.70. The van der Waals surface area contributed by atoms with Crippen molar-refractivity contribution < 1.29 is 13.2 Å². The van der Waals surface area contributed by atoms with Crippen LogP contribution in [0.15, 0.2) is 40.3 Å². The lowest BCUT2D eigenvalue weighted by Gasteiger charge is -2.22. The van der Waals surface area contributed by atoms with Crippen LogP contribution >= 0.6 is 11.8 Å². The molecule has 0 aromatic heterocycles. The number of nitrogens with one attached hydrogen (secondary N) is 1. The van der Waals surface area contributed by atoms with Crippen LogP contribution in [0.25, 0.3) is 0 Å². The number of nitrogens with two attached hydrogens (primary N) is 1. The Morgan fingerprint density at radius 3 is 2.79 bits per heavy atom. The summed E-state index contributed by atoms with van der Waals surface area (Å²) in [5.74, 6) is 5.96. The first kappa shape index (κ1) is 12.4. The summed E-state index contributed by atoms with van der Waals surface area (Å²) in [4.78, 5) is 0. The standard InChI is InChI=1S/C12H11F3N3S/c13-12(14,15)8-2-1-3-9-11(8)17-4-7-5-19-6-10(7)18(9)16/h1-3,5-6,17,19H,4,16H2. The Morgan fingerprint density at radius 1 is 1.26 bits per heavy atom. The van der Waals surface area contributed by atoms with Gasteiger partial charge >= 0.3 is 6.18 Å². The summed E-state index contributed by atoms with van der Waals surface area (Å²) in [6.07, 6.45) is -4.40. The van der Waals surface area contributed by atoms with Gasteiger partial charge in [-0.15, -0.1) is 0 Å². The molecule has 3 N–H and O–H groups in total. The predicted molar refractivity (Wildman–Crippen MR) is 71.8 cm³/mol. The van der Waals surface area contributed by atoms with E-state index >= 15 is 0 Å². The Kier molecular flexibility index (Phi) is 2.75. The summed E-state index contributed by atoms with van der Waals surface area (Å²) in [7, 11) is 0. The molecule has 1 radical (unpaired) electrons. The van der Waals surface area contributed by atoms with Gasteiger partial charge in [-0.25, -0.2) is 5.84 Å². The van der Waals surface area contributed by atoms with E-state index in [1.165, 1.54) is 11.1 Å². The highest BCUT2D eigenvalue weighted by Crippen LogP contribution is 2.43. The summed E-state index contributed by atoms with van der Waals surface area (Å²) in [6, 6.07) is 4.00. The first-order valence-electron chi connectivity index (χ1n) is 5.57. The molecular weight excluding hydrogens is 275 g/mol. The zero-order chi connectivity index (χ0) is 13.6. The van der Waals surface area contributed by atoms with Gasteiger partial charge in [-0.05, 0) is 22.9 Å². The van der Waals surface area contributed by atoms with E-state index in [1.54, 1.807) is 6.07 Å². The maximum absolute atomic E-state index is 13.0. The topological polar surface area (TPSA) is 41.3 Å². The van der Waals surface area contributed by atoms with E-state index in [9.17, 15) is 13.2 Å². The highest BCUT2D eigenvalue weighted by molar-refractivity contribution is 8.05. The number of alkyl halides is 3. The van der Waals surface area contributed by atoms with Crippen LogP contribution in [0.4, 0.5) is 24.5 Å². The van der Waals surface area contributed by atoms with Crippen molar-refractivity contribution in [2.75, 3.05) is 16.9 Å². The van der Waals surface area contributed by atoms with Gasteiger partial charge in [0.1, 0.15) is 0 Å². The smallest absolute Gasteiger partial charge is 0.379 e. The fourth-order valence-electron chi connectivity index (χ4n) is 2.18. The molecule has 1 aromatic rings. The largest absolute Gasteiger partial charge is 0.418 e. The van der Waals surface area contributed by atoms with Crippen LogP contribution in [0.2, 0.25) is 0 Å². The van der Waals surface area contributed by atoms with Crippen molar-refractivity contribution in [2.24, 2.45) is 5.84 Å². The summed E-state index contributed by atoms with van der Waals surface area (Å²) < 4.78 is 39.0. The van der Waals surface area contributed by atoms with Gasteiger partial charge in [0.2, 0.25) is 0 Å². The molecule has 2 aliphatic rings. The van der Waals surface area contributed by atoms with Gasteiger partial charge in [-0.2, -0.15) is 24.9 Å². The van der Waals surface area contributed by atoms with Gasteiger partial charge in [0.15, 0.2) is 0 Å². The van der Waals surface area contributed by atoms with Crippen molar-refractivity contribution in [1.29, 1.82) is 0 Å². The van der Waals surface area contributed by atoms with E-state index in [4.69, 9.17) is 5.84 Å². The molecule has 0 amide bonds. The second-order valence-corrected chi connectivity index (χ2v) is 5.05. The highest BCUT2D eigenvalue weighted by Gasteiger charge is 2.36. The molecule has 0 fully saturated rings. The van der Waals surface area contributed by atoms with Crippen LogP contribution in [0, 0.1) is 0 Å². The number of benzene rings is 1. The number of anilines is 2. The van der Waals surface area contributed by atoms with Gasteiger partial charge < -0.3 is 5.32 Å². The molecule has 101 valence electrons. The van der Waals surface area contributed by atoms with Gasteiger partial charge in [0, 0.05) is 12.1 Å². The molecule has 0 aliphatic carbocycles. The Labute approximate surface area is 111 Å². The molecular formula is C12H11F3N3S. The number of hydrogen-bond acceptors (Lipinski definition) is 3. The number of fused-ring (bicyclic) bond motifs is 2. The van der Waals surface area contributed by atoms with Crippen molar-refractivity contribution in [1.82, 2.24) is 0 Å². The minimum absolute atomic E-state index is 0.0327. The lowest BCUT2D eigenvalue weighted by molar-refractivity contribution is -0.136. The van der Waals surface area contributed by atoms with E-state index in [0.29, 0.717) is 12.2 Å². The van der Waals surface area contributed by atoms with Crippen molar-refractivity contribution in [3.8, 4) is 0 Å². The van der Waals surface area contributed by atoms with Crippen LogP contribution in [0.1, 0.15) is 5.56 Å². The first-order valence-corrected chi connectivity index (χ1v) is 6.60. The molecule has 0 saturated carbocycles. The Hall–Kier alpha value is -1.60. The third-order valence-electron chi connectivity index (χ3n) is 3.08. The van der Waals surface area contributed by atoms with Crippen molar-refractivity contribution in [3.05, 3.63) is 45.8 Å². The third-order valence-corrected chi connectivity index (χ3v) is 3.93. The van der Waals surface area contributed by atoms with Gasteiger partial charge in [-0.3, -0.25) is 5.01 Å². The summed E-state index contributed by atoms with van der Waals surface area (Å²) in [6.45, 7) is 0.340. The molecule has 0 unspecified atom stereocenters. The Bertz CT molecular complexity index is 592. The van der Waals surface area contributed by atoms with Crippen molar-refractivity contribution in [2.45, 2.75) is 6.18 Å². The van der Waals surface area contributed by atoms with Gasteiger partial charge in [0.05, 0.1) is 22.6 Å². The SMILES string of the molecule is NN1C2=C[SH]C=C2CNc2c1cccc2C(F)(F)F. The lowest BCUT2D eigenvalue weighted by Crippen LogP contribution is -2.30. The molecule has 0 atom stereocenters. The minimum Gasteiger partial charge on any atom is -0.379 e. The number of hydrogen-bond donors (Lipinski definition) is 3. The first-order chi connectivity index (χ1) is 8.98. The van der Waals surface area contributed by atoms with Crippen LogP contribution in [0.5, 0.6) is 0 Å². The third kappa shape index (κ3) is 1.98. The lowest BCUT2D eigenvalue weighted by atomic mass is 10.1. The average molecular weight is 286 g/mol.